The average Bonchev–Trinajstić information content (AvgIpc) is 2.66. The first-order chi connectivity index (χ1) is 9.02. The second-order valence-corrected chi connectivity index (χ2v) is 6.03. The van der Waals surface area contributed by atoms with Crippen molar-refractivity contribution in [2.24, 2.45) is 0 Å². The van der Waals surface area contributed by atoms with E-state index in [2.05, 4.69) is 21.0 Å². The molecule has 1 heterocycles. The van der Waals surface area contributed by atoms with Crippen LogP contribution in [0.15, 0.2) is 28.7 Å². The highest BCUT2D eigenvalue weighted by atomic mass is 79.9. The average molecular weight is 344 g/mol. The highest BCUT2D eigenvalue weighted by Crippen LogP contribution is 2.26. The molecule has 2 aromatic rings. The van der Waals surface area contributed by atoms with E-state index in [0.717, 1.165) is 21.3 Å². The van der Waals surface area contributed by atoms with Crippen LogP contribution >= 0.6 is 27.5 Å². The molecule has 0 bridgehead atoms. The second kappa shape index (κ2) is 6.07. The zero-order chi connectivity index (χ0) is 14.0. The lowest BCUT2D eigenvalue weighted by molar-refractivity contribution is 0.280. The minimum atomic E-state index is -0.0785. The molecule has 3 nitrogen and oxygen atoms in total. The number of benzene rings is 1. The Morgan fingerprint density at radius 2 is 2.16 bits per heavy atom. The zero-order valence-electron chi connectivity index (χ0n) is 10.9. The summed E-state index contributed by atoms with van der Waals surface area (Å²) in [5.74, 6) is 0.239. The summed E-state index contributed by atoms with van der Waals surface area (Å²) in [6.45, 7) is 4.60. The Bertz CT molecular complexity index is 581. The Balaban J connectivity index is 2.35. The molecule has 1 aromatic heterocycles. The van der Waals surface area contributed by atoms with E-state index in [9.17, 15) is 5.11 Å². The Hall–Kier alpha value is -0.840. The molecule has 1 aromatic carbocycles. The molecule has 0 radical (unpaired) electrons. The van der Waals surface area contributed by atoms with Crippen molar-refractivity contribution in [3.05, 3.63) is 50.7 Å². The molecule has 0 amide bonds. The largest absolute Gasteiger partial charge is 0.391 e. The van der Waals surface area contributed by atoms with Crippen LogP contribution in [0.25, 0.3) is 0 Å². The Morgan fingerprint density at radius 1 is 1.42 bits per heavy atom. The third-order valence-corrected chi connectivity index (χ3v) is 3.86. The SMILES string of the molecule is CC(C)c1nn(Cc2cccc(Br)c2)c(Cl)c1CO. The summed E-state index contributed by atoms with van der Waals surface area (Å²) in [6, 6.07) is 8.02. The monoisotopic (exact) mass is 342 g/mol. The molecule has 0 fully saturated rings. The van der Waals surface area contributed by atoms with Gasteiger partial charge in [-0.1, -0.05) is 53.5 Å². The summed E-state index contributed by atoms with van der Waals surface area (Å²) >= 11 is 9.74. The number of aliphatic hydroxyl groups is 1. The van der Waals surface area contributed by atoms with Crippen molar-refractivity contribution >= 4 is 27.5 Å². The molecule has 0 atom stereocenters. The van der Waals surface area contributed by atoms with Gasteiger partial charge in [-0.15, -0.1) is 0 Å². The molecule has 0 saturated heterocycles. The van der Waals surface area contributed by atoms with Crippen LogP contribution in [0.4, 0.5) is 0 Å². The van der Waals surface area contributed by atoms with Crippen molar-refractivity contribution in [3.8, 4) is 0 Å². The lowest BCUT2D eigenvalue weighted by Gasteiger charge is -2.04. The number of nitrogens with zero attached hydrogens (tertiary/aromatic N) is 2. The van der Waals surface area contributed by atoms with Crippen LogP contribution in [0.2, 0.25) is 5.15 Å². The normalized spacial score (nSPS) is 11.3. The number of hydrogen-bond donors (Lipinski definition) is 1. The second-order valence-electron chi connectivity index (χ2n) is 4.75. The maximum Gasteiger partial charge on any atom is 0.133 e. The van der Waals surface area contributed by atoms with E-state index in [4.69, 9.17) is 11.6 Å². The lowest BCUT2D eigenvalue weighted by Crippen LogP contribution is -2.03. The minimum Gasteiger partial charge on any atom is -0.391 e. The molecule has 1 N–H and O–H groups in total. The van der Waals surface area contributed by atoms with E-state index in [1.54, 1.807) is 4.68 Å². The Kier molecular flexibility index (Phi) is 4.66. The standard InChI is InChI=1S/C14H16BrClN2O/c1-9(2)13-12(8-19)14(16)18(17-13)7-10-4-3-5-11(15)6-10/h3-6,9,19H,7-8H2,1-2H3. The Labute approximate surface area is 126 Å². The topological polar surface area (TPSA) is 38.0 Å². The summed E-state index contributed by atoms with van der Waals surface area (Å²) in [4.78, 5) is 0. The van der Waals surface area contributed by atoms with Crippen molar-refractivity contribution in [2.45, 2.75) is 32.9 Å². The van der Waals surface area contributed by atoms with Crippen molar-refractivity contribution in [3.63, 3.8) is 0 Å². The molecule has 0 aliphatic rings. The maximum absolute atomic E-state index is 9.43. The van der Waals surface area contributed by atoms with Gasteiger partial charge in [-0.3, -0.25) is 0 Å². The fraction of sp³-hybridized carbons (Fsp3) is 0.357. The van der Waals surface area contributed by atoms with Gasteiger partial charge in [0, 0.05) is 10.0 Å². The van der Waals surface area contributed by atoms with E-state index in [-0.39, 0.29) is 12.5 Å². The maximum atomic E-state index is 9.43. The van der Waals surface area contributed by atoms with Crippen LogP contribution in [0, 0.1) is 0 Å². The van der Waals surface area contributed by atoms with Gasteiger partial charge < -0.3 is 5.11 Å². The number of aliphatic hydroxyl groups excluding tert-OH is 1. The van der Waals surface area contributed by atoms with Gasteiger partial charge in [0.25, 0.3) is 0 Å². The fourth-order valence-electron chi connectivity index (χ4n) is 2.02. The fourth-order valence-corrected chi connectivity index (χ4v) is 2.72. The first-order valence-electron chi connectivity index (χ1n) is 6.13. The van der Waals surface area contributed by atoms with Crippen LogP contribution in [0.3, 0.4) is 0 Å². The Morgan fingerprint density at radius 3 is 2.68 bits per heavy atom. The first kappa shape index (κ1) is 14.6. The van der Waals surface area contributed by atoms with Gasteiger partial charge in [0.1, 0.15) is 5.15 Å². The van der Waals surface area contributed by atoms with E-state index in [1.165, 1.54) is 0 Å². The van der Waals surface area contributed by atoms with Gasteiger partial charge in [-0.2, -0.15) is 5.10 Å². The van der Waals surface area contributed by atoms with E-state index >= 15 is 0 Å². The molecule has 19 heavy (non-hydrogen) atoms. The van der Waals surface area contributed by atoms with Gasteiger partial charge in [0.05, 0.1) is 18.8 Å². The molecule has 0 aliphatic heterocycles. The van der Waals surface area contributed by atoms with Gasteiger partial charge in [-0.05, 0) is 23.6 Å². The summed E-state index contributed by atoms with van der Waals surface area (Å²) < 4.78 is 2.77. The first-order valence-corrected chi connectivity index (χ1v) is 7.30. The van der Waals surface area contributed by atoms with Gasteiger partial charge >= 0.3 is 0 Å². The van der Waals surface area contributed by atoms with Crippen molar-refractivity contribution in [2.75, 3.05) is 0 Å². The van der Waals surface area contributed by atoms with Crippen molar-refractivity contribution < 1.29 is 5.11 Å². The molecule has 2 rings (SSSR count). The third kappa shape index (κ3) is 3.19. The smallest absolute Gasteiger partial charge is 0.133 e. The zero-order valence-corrected chi connectivity index (χ0v) is 13.2. The highest BCUT2D eigenvalue weighted by molar-refractivity contribution is 9.10. The predicted molar refractivity (Wildman–Crippen MR) is 80.5 cm³/mol. The molecule has 102 valence electrons. The minimum absolute atomic E-state index is 0.0785. The number of halogens is 2. The van der Waals surface area contributed by atoms with Crippen LogP contribution in [0.5, 0.6) is 0 Å². The summed E-state index contributed by atoms with van der Waals surface area (Å²) in [5.41, 5.74) is 2.70. The van der Waals surface area contributed by atoms with Gasteiger partial charge in [-0.25, -0.2) is 4.68 Å². The third-order valence-electron chi connectivity index (χ3n) is 2.94. The van der Waals surface area contributed by atoms with Gasteiger partial charge in [0.2, 0.25) is 0 Å². The van der Waals surface area contributed by atoms with Gasteiger partial charge in [0.15, 0.2) is 0 Å². The number of hydrogen-bond acceptors (Lipinski definition) is 2. The van der Waals surface area contributed by atoms with Crippen molar-refractivity contribution in [1.82, 2.24) is 9.78 Å². The number of aromatic nitrogens is 2. The van der Waals surface area contributed by atoms with E-state index < -0.39 is 0 Å². The summed E-state index contributed by atoms with van der Waals surface area (Å²) in [5, 5.41) is 14.5. The van der Waals surface area contributed by atoms with Crippen LogP contribution in [0.1, 0.15) is 36.6 Å². The van der Waals surface area contributed by atoms with Crippen LogP contribution in [-0.2, 0) is 13.2 Å². The van der Waals surface area contributed by atoms with E-state index in [1.807, 2.05) is 38.1 Å². The molecule has 0 aliphatic carbocycles. The molecule has 0 spiro atoms. The molecule has 5 heteroatoms. The summed E-state index contributed by atoms with van der Waals surface area (Å²) in [7, 11) is 0. The summed E-state index contributed by atoms with van der Waals surface area (Å²) in [6.07, 6.45) is 0. The number of rotatable bonds is 4. The van der Waals surface area contributed by atoms with Crippen LogP contribution in [-0.4, -0.2) is 14.9 Å². The van der Waals surface area contributed by atoms with E-state index in [0.29, 0.717) is 11.7 Å². The van der Waals surface area contributed by atoms with Crippen molar-refractivity contribution in [1.29, 1.82) is 0 Å². The lowest BCUT2D eigenvalue weighted by atomic mass is 10.1. The quantitative estimate of drug-likeness (QED) is 0.912. The highest BCUT2D eigenvalue weighted by Gasteiger charge is 2.17. The molecule has 0 unspecified atom stereocenters. The predicted octanol–water partition coefficient (Wildman–Crippen LogP) is 3.96. The molecular formula is C14H16BrClN2O. The molecular weight excluding hydrogens is 328 g/mol. The van der Waals surface area contributed by atoms with Crippen LogP contribution < -0.4 is 0 Å². The molecule has 0 saturated carbocycles.